The molecular formula is C26H23ClN2O3. The summed E-state index contributed by atoms with van der Waals surface area (Å²) in [5.74, 6) is -0.0250. The van der Waals surface area contributed by atoms with Gasteiger partial charge < -0.3 is 10.1 Å². The molecule has 0 aliphatic rings. The summed E-state index contributed by atoms with van der Waals surface area (Å²) in [4.78, 5) is 29.3. The topological polar surface area (TPSA) is 73.4 Å². The Labute approximate surface area is 191 Å². The summed E-state index contributed by atoms with van der Waals surface area (Å²) in [6.45, 7) is 0.316. The molecular weight excluding hydrogens is 424 g/mol. The number of ketones is 1. The minimum absolute atomic E-state index is 0.0250. The van der Waals surface area contributed by atoms with Gasteiger partial charge in [0.1, 0.15) is 0 Å². The van der Waals surface area contributed by atoms with Gasteiger partial charge in [0.15, 0.2) is 5.78 Å². The summed E-state index contributed by atoms with van der Waals surface area (Å²) in [7, 11) is 0. The van der Waals surface area contributed by atoms with Crippen LogP contribution in [0.1, 0.15) is 27.9 Å². The van der Waals surface area contributed by atoms with Gasteiger partial charge in [0, 0.05) is 40.7 Å². The van der Waals surface area contributed by atoms with Gasteiger partial charge in [-0.2, -0.15) is 0 Å². The molecule has 3 aromatic carbocycles. The Bertz CT molecular complexity index is 1260. The van der Waals surface area contributed by atoms with Crippen molar-refractivity contribution in [2.75, 3.05) is 11.4 Å². The fourth-order valence-corrected chi connectivity index (χ4v) is 4.12. The zero-order valence-corrected chi connectivity index (χ0v) is 18.2. The van der Waals surface area contributed by atoms with Crippen molar-refractivity contribution in [2.45, 2.75) is 19.3 Å². The van der Waals surface area contributed by atoms with Gasteiger partial charge in [0.05, 0.1) is 5.69 Å². The number of carboxylic acid groups (broad SMARTS) is 1. The first-order valence-electron chi connectivity index (χ1n) is 10.4. The van der Waals surface area contributed by atoms with Crippen LogP contribution in [0, 0.1) is 0 Å². The van der Waals surface area contributed by atoms with Gasteiger partial charge in [-0.05, 0) is 48.2 Å². The molecule has 6 heteroatoms. The van der Waals surface area contributed by atoms with Crippen molar-refractivity contribution < 1.29 is 14.7 Å². The molecule has 1 heterocycles. The number of anilines is 1. The molecule has 162 valence electrons. The van der Waals surface area contributed by atoms with Crippen LogP contribution in [-0.2, 0) is 12.8 Å². The number of benzene rings is 3. The monoisotopic (exact) mass is 446 g/mol. The Morgan fingerprint density at radius 3 is 2.50 bits per heavy atom. The lowest BCUT2D eigenvalue weighted by Gasteiger charge is -2.22. The lowest BCUT2D eigenvalue weighted by molar-refractivity contribution is 0.0983. The Morgan fingerprint density at radius 1 is 0.906 bits per heavy atom. The molecule has 1 aromatic heterocycles. The van der Waals surface area contributed by atoms with Gasteiger partial charge in [-0.15, -0.1) is 0 Å². The number of halogens is 1. The molecule has 0 aliphatic carbocycles. The zero-order valence-electron chi connectivity index (χ0n) is 17.4. The number of carbonyl (C=O) groups excluding carboxylic acids is 1. The second-order valence-electron chi connectivity index (χ2n) is 7.61. The van der Waals surface area contributed by atoms with E-state index < -0.39 is 6.09 Å². The Kier molecular flexibility index (Phi) is 6.57. The van der Waals surface area contributed by atoms with Crippen LogP contribution in [0.3, 0.4) is 0 Å². The van der Waals surface area contributed by atoms with Crippen molar-refractivity contribution >= 4 is 40.1 Å². The molecule has 0 atom stereocenters. The number of H-pyrrole nitrogens is 1. The first-order valence-corrected chi connectivity index (χ1v) is 10.8. The maximum absolute atomic E-state index is 12.6. The van der Waals surface area contributed by atoms with Crippen LogP contribution in [-0.4, -0.2) is 28.5 Å². The number of nitrogens with one attached hydrogen (secondary N) is 1. The summed E-state index contributed by atoms with van der Waals surface area (Å²) < 4.78 is 0. The Morgan fingerprint density at radius 2 is 1.69 bits per heavy atom. The minimum Gasteiger partial charge on any atom is -0.465 e. The number of rotatable bonds is 8. The molecule has 1 amide bonds. The van der Waals surface area contributed by atoms with Crippen molar-refractivity contribution in [1.82, 2.24) is 4.98 Å². The standard InChI is InChI=1S/C26H23ClN2O3/c27-21-8-5-7-19(16-21)25(30)13-12-18-6-1-4-11-24(18)29(26(31)32)15-14-20-17-28-23-10-3-2-9-22(20)23/h1-11,16-17,28H,12-15H2,(H,31,32). The number of Topliss-reactive ketones (excluding diaryl/α,β-unsaturated/α-hetero) is 1. The molecule has 32 heavy (non-hydrogen) atoms. The van der Waals surface area contributed by atoms with Gasteiger partial charge in [-0.3, -0.25) is 9.69 Å². The van der Waals surface area contributed by atoms with Crippen LogP contribution in [0.25, 0.3) is 10.9 Å². The first-order chi connectivity index (χ1) is 15.5. The molecule has 0 fully saturated rings. The van der Waals surface area contributed by atoms with E-state index in [0.29, 0.717) is 35.7 Å². The van der Waals surface area contributed by atoms with E-state index in [2.05, 4.69) is 4.98 Å². The average Bonchev–Trinajstić information content (AvgIpc) is 3.21. The van der Waals surface area contributed by atoms with Crippen molar-refractivity contribution in [3.63, 3.8) is 0 Å². The van der Waals surface area contributed by atoms with E-state index in [1.54, 1.807) is 30.3 Å². The minimum atomic E-state index is -1.02. The molecule has 4 rings (SSSR count). The third kappa shape index (κ3) is 4.84. The van der Waals surface area contributed by atoms with E-state index in [4.69, 9.17) is 11.6 Å². The van der Waals surface area contributed by atoms with Gasteiger partial charge in [-0.1, -0.05) is 60.1 Å². The molecule has 4 aromatic rings. The van der Waals surface area contributed by atoms with E-state index >= 15 is 0 Å². The number of hydrogen-bond acceptors (Lipinski definition) is 2. The number of hydrogen-bond donors (Lipinski definition) is 2. The maximum atomic E-state index is 12.6. The molecule has 0 saturated carbocycles. The van der Waals surface area contributed by atoms with Crippen LogP contribution in [0.2, 0.25) is 5.02 Å². The van der Waals surface area contributed by atoms with Gasteiger partial charge in [0.2, 0.25) is 0 Å². The van der Waals surface area contributed by atoms with Crippen LogP contribution in [0.4, 0.5) is 10.5 Å². The van der Waals surface area contributed by atoms with E-state index in [1.165, 1.54) is 4.90 Å². The van der Waals surface area contributed by atoms with Crippen LogP contribution >= 0.6 is 11.6 Å². The molecule has 0 unspecified atom stereocenters. The lowest BCUT2D eigenvalue weighted by Crippen LogP contribution is -2.32. The highest BCUT2D eigenvalue weighted by atomic mass is 35.5. The second-order valence-corrected chi connectivity index (χ2v) is 8.04. The molecule has 5 nitrogen and oxygen atoms in total. The molecule has 2 N–H and O–H groups in total. The van der Waals surface area contributed by atoms with Crippen molar-refractivity contribution in [3.8, 4) is 0 Å². The fraction of sp³-hybridized carbons (Fsp3) is 0.154. The van der Waals surface area contributed by atoms with Crippen molar-refractivity contribution in [3.05, 3.63) is 101 Å². The number of amides is 1. The van der Waals surface area contributed by atoms with Gasteiger partial charge in [0.25, 0.3) is 0 Å². The Balaban J connectivity index is 1.50. The smallest absolute Gasteiger partial charge is 0.411 e. The average molecular weight is 447 g/mol. The molecule has 0 saturated heterocycles. The normalized spacial score (nSPS) is 10.9. The summed E-state index contributed by atoms with van der Waals surface area (Å²) >= 11 is 5.99. The van der Waals surface area contributed by atoms with Gasteiger partial charge >= 0.3 is 6.09 Å². The second kappa shape index (κ2) is 9.71. The largest absolute Gasteiger partial charge is 0.465 e. The predicted octanol–water partition coefficient (Wildman–Crippen LogP) is 6.36. The third-order valence-electron chi connectivity index (χ3n) is 5.56. The maximum Gasteiger partial charge on any atom is 0.411 e. The van der Waals surface area contributed by atoms with Crippen LogP contribution in [0.5, 0.6) is 0 Å². The Hall–Kier alpha value is -3.57. The zero-order chi connectivity index (χ0) is 22.5. The lowest BCUT2D eigenvalue weighted by atomic mass is 10.0. The summed E-state index contributed by atoms with van der Waals surface area (Å²) in [5, 5.41) is 11.5. The van der Waals surface area contributed by atoms with Gasteiger partial charge in [-0.25, -0.2) is 4.79 Å². The number of para-hydroxylation sites is 2. The predicted molar refractivity (Wildman–Crippen MR) is 128 cm³/mol. The number of carbonyl (C=O) groups is 2. The third-order valence-corrected chi connectivity index (χ3v) is 5.80. The summed E-state index contributed by atoms with van der Waals surface area (Å²) in [6, 6.07) is 22.2. The van der Waals surface area contributed by atoms with Crippen LogP contribution < -0.4 is 4.90 Å². The molecule has 0 radical (unpaired) electrons. The summed E-state index contributed by atoms with van der Waals surface area (Å²) in [6.07, 6.45) is 2.20. The number of nitrogens with zero attached hydrogens (tertiary/aromatic N) is 1. The van der Waals surface area contributed by atoms with Crippen LogP contribution in [0.15, 0.2) is 79.0 Å². The SMILES string of the molecule is O=C(CCc1ccccc1N(CCc1c[nH]c2ccccc12)C(=O)O)c1cccc(Cl)c1. The van der Waals surface area contributed by atoms with E-state index in [1.807, 2.05) is 48.7 Å². The summed E-state index contributed by atoms with van der Waals surface area (Å²) in [5.41, 5.74) is 4.09. The highest BCUT2D eigenvalue weighted by molar-refractivity contribution is 6.31. The number of aromatic nitrogens is 1. The van der Waals surface area contributed by atoms with E-state index in [9.17, 15) is 14.7 Å². The van der Waals surface area contributed by atoms with Crippen molar-refractivity contribution in [1.29, 1.82) is 0 Å². The molecule has 0 bridgehead atoms. The number of aryl methyl sites for hydroxylation is 1. The molecule has 0 aliphatic heterocycles. The van der Waals surface area contributed by atoms with Crippen molar-refractivity contribution in [2.24, 2.45) is 0 Å². The fourth-order valence-electron chi connectivity index (χ4n) is 3.93. The quantitative estimate of drug-likeness (QED) is 0.309. The highest BCUT2D eigenvalue weighted by Gasteiger charge is 2.19. The molecule has 0 spiro atoms. The van der Waals surface area contributed by atoms with E-state index in [-0.39, 0.29) is 12.2 Å². The first kappa shape index (κ1) is 21.7. The number of aromatic amines is 1. The highest BCUT2D eigenvalue weighted by Crippen LogP contribution is 2.25. The van der Waals surface area contributed by atoms with E-state index in [0.717, 1.165) is 22.0 Å². The number of fused-ring (bicyclic) bond motifs is 1.